The van der Waals surface area contributed by atoms with Crippen molar-refractivity contribution in [2.75, 3.05) is 25.5 Å². The second-order valence-electron chi connectivity index (χ2n) is 4.90. The van der Waals surface area contributed by atoms with Crippen LogP contribution in [0, 0.1) is 5.92 Å². The normalized spacial score (nSPS) is 23.1. The Morgan fingerprint density at radius 2 is 2.35 bits per heavy atom. The van der Waals surface area contributed by atoms with Gasteiger partial charge >= 0.3 is 0 Å². The van der Waals surface area contributed by atoms with E-state index in [1.165, 1.54) is 18.6 Å². The summed E-state index contributed by atoms with van der Waals surface area (Å²) in [6.45, 7) is 9.15. The number of nitrogens with one attached hydrogen (secondary N) is 1. The highest BCUT2D eigenvalue weighted by molar-refractivity contribution is 8.13. The van der Waals surface area contributed by atoms with Gasteiger partial charge in [0.05, 0.1) is 0 Å². The zero-order valence-corrected chi connectivity index (χ0v) is 12.2. The zero-order chi connectivity index (χ0) is 12.5. The molecule has 1 rings (SSSR count). The summed E-state index contributed by atoms with van der Waals surface area (Å²) in [7, 11) is 0. The lowest BCUT2D eigenvalue weighted by molar-refractivity contribution is 0.109. The van der Waals surface area contributed by atoms with Crippen molar-refractivity contribution < 1.29 is 4.74 Å². The molecule has 0 spiro atoms. The van der Waals surface area contributed by atoms with E-state index in [-0.39, 0.29) is 0 Å². The number of amidine groups is 1. The number of hydrogen-bond donors (Lipinski definition) is 1. The van der Waals surface area contributed by atoms with E-state index in [2.05, 4.69) is 31.1 Å². The topological polar surface area (TPSA) is 33.6 Å². The molecule has 0 aromatic heterocycles. The summed E-state index contributed by atoms with van der Waals surface area (Å²) in [5.74, 6) is 1.83. The molecule has 0 aromatic carbocycles. The lowest BCUT2D eigenvalue weighted by atomic mass is 10.2. The van der Waals surface area contributed by atoms with Gasteiger partial charge in [0.15, 0.2) is 5.17 Å². The molecule has 0 radical (unpaired) electrons. The standard InChI is InChI=1S/C13H26N2OS/c1-4-12-6-9-17-13(15-12)14-7-5-8-16-10-11(2)3/h11-12H,4-10H2,1-3H3,(H,14,15). The Morgan fingerprint density at radius 1 is 1.53 bits per heavy atom. The van der Waals surface area contributed by atoms with Crippen LogP contribution in [0.4, 0.5) is 0 Å². The van der Waals surface area contributed by atoms with Gasteiger partial charge in [-0.15, -0.1) is 0 Å². The van der Waals surface area contributed by atoms with Gasteiger partial charge in [-0.2, -0.15) is 0 Å². The molecule has 100 valence electrons. The lowest BCUT2D eigenvalue weighted by Crippen LogP contribution is -2.37. The van der Waals surface area contributed by atoms with E-state index in [0.29, 0.717) is 12.0 Å². The highest BCUT2D eigenvalue weighted by atomic mass is 32.2. The summed E-state index contributed by atoms with van der Waals surface area (Å²) in [6.07, 6.45) is 3.48. The fraction of sp³-hybridized carbons (Fsp3) is 0.923. The molecule has 1 aliphatic rings. The third kappa shape index (κ3) is 6.94. The van der Waals surface area contributed by atoms with Crippen molar-refractivity contribution in [2.24, 2.45) is 10.9 Å². The predicted octanol–water partition coefficient (Wildman–Crippen LogP) is 2.91. The Balaban J connectivity index is 2.07. The molecule has 4 heteroatoms. The SMILES string of the molecule is CCC1CCSC(=NCCCOCC(C)C)N1. The minimum atomic E-state index is 0.627. The summed E-state index contributed by atoms with van der Waals surface area (Å²) < 4.78 is 5.53. The van der Waals surface area contributed by atoms with Crippen LogP contribution >= 0.6 is 11.8 Å². The monoisotopic (exact) mass is 258 g/mol. The van der Waals surface area contributed by atoms with Crippen LogP contribution in [0.1, 0.15) is 40.0 Å². The molecular formula is C13H26N2OS. The molecule has 1 unspecified atom stereocenters. The number of nitrogens with zero attached hydrogens (tertiary/aromatic N) is 1. The Bertz CT molecular complexity index is 231. The summed E-state index contributed by atoms with van der Waals surface area (Å²) in [5.41, 5.74) is 0. The molecule has 1 aliphatic heterocycles. The van der Waals surface area contributed by atoms with Gasteiger partial charge in [-0.3, -0.25) is 4.99 Å². The molecule has 1 fully saturated rings. The van der Waals surface area contributed by atoms with E-state index in [1.54, 1.807) is 0 Å². The van der Waals surface area contributed by atoms with Crippen LogP contribution in [0.15, 0.2) is 4.99 Å². The summed E-state index contributed by atoms with van der Waals surface area (Å²) >= 11 is 1.85. The van der Waals surface area contributed by atoms with Gasteiger partial charge in [0.1, 0.15) is 0 Å². The fourth-order valence-electron chi connectivity index (χ4n) is 1.65. The first-order valence-electron chi connectivity index (χ1n) is 6.74. The van der Waals surface area contributed by atoms with Crippen LogP contribution in [0.3, 0.4) is 0 Å². The molecule has 0 bridgehead atoms. The van der Waals surface area contributed by atoms with Crippen LogP contribution in [0.5, 0.6) is 0 Å². The Labute approximate surface area is 110 Å². The predicted molar refractivity (Wildman–Crippen MR) is 76.9 cm³/mol. The van der Waals surface area contributed by atoms with Crippen molar-refractivity contribution in [3.63, 3.8) is 0 Å². The molecule has 1 atom stereocenters. The number of hydrogen-bond acceptors (Lipinski definition) is 3. The van der Waals surface area contributed by atoms with Crippen molar-refractivity contribution in [1.82, 2.24) is 5.32 Å². The smallest absolute Gasteiger partial charge is 0.156 e. The summed E-state index contributed by atoms with van der Waals surface area (Å²) in [4.78, 5) is 4.59. The Kier molecular flexibility index (Phi) is 7.69. The van der Waals surface area contributed by atoms with Crippen molar-refractivity contribution in [1.29, 1.82) is 0 Å². The third-order valence-corrected chi connectivity index (χ3v) is 3.64. The van der Waals surface area contributed by atoms with E-state index in [9.17, 15) is 0 Å². The summed E-state index contributed by atoms with van der Waals surface area (Å²) in [6, 6.07) is 0.632. The largest absolute Gasteiger partial charge is 0.381 e. The molecule has 1 N–H and O–H groups in total. The van der Waals surface area contributed by atoms with Gasteiger partial charge in [0.25, 0.3) is 0 Å². The molecule has 3 nitrogen and oxygen atoms in total. The zero-order valence-electron chi connectivity index (χ0n) is 11.4. The first-order valence-corrected chi connectivity index (χ1v) is 7.72. The summed E-state index contributed by atoms with van der Waals surface area (Å²) in [5, 5.41) is 4.62. The number of ether oxygens (including phenoxy) is 1. The maximum Gasteiger partial charge on any atom is 0.156 e. The van der Waals surface area contributed by atoms with Crippen LogP contribution in [0.25, 0.3) is 0 Å². The lowest BCUT2D eigenvalue weighted by Gasteiger charge is -2.24. The Morgan fingerprint density at radius 3 is 3.06 bits per heavy atom. The van der Waals surface area contributed by atoms with E-state index in [0.717, 1.165) is 31.3 Å². The maximum atomic E-state index is 5.53. The van der Waals surface area contributed by atoms with E-state index >= 15 is 0 Å². The molecular weight excluding hydrogens is 232 g/mol. The molecule has 0 amide bonds. The van der Waals surface area contributed by atoms with Crippen LogP contribution in [0.2, 0.25) is 0 Å². The third-order valence-electron chi connectivity index (χ3n) is 2.68. The van der Waals surface area contributed by atoms with Gasteiger partial charge in [-0.05, 0) is 25.2 Å². The second kappa shape index (κ2) is 8.81. The minimum Gasteiger partial charge on any atom is -0.381 e. The van der Waals surface area contributed by atoms with Crippen molar-refractivity contribution in [3.05, 3.63) is 0 Å². The van der Waals surface area contributed by atoms with Gasteiger partial charge in [-0.25, -0.2) is 0 Å². The van der Waals surface area contributed by atoms with Crippen LogP contribution in [-0.2, 0) is 4.74 Å². The van der Waals surface area contributed by atoms with Crippen LogP contribution < -0.4 is 5.32 Å². The van der Waals surface area contributed by atoms with Crippen molar-refractivity contribution in [2.45, 2.75) is 46.1 Å². The first-order chi connectivity index (χ1) is 8.22. The maximum absolute atomic E-state index is 5.53. The van der Waals surface area contributed by atoms with Gasteiger partial charge in [-0.1, -0.05) is 32.5 Å². The average Bonchev–Trinajstić information content (AvgIpc) is 2.33. The highest BCUT2D eigenvalue weighted by Crippen LogP contribution is 2.15. The van der Waals surface area contributed by atoms with Gasteiger partial charge < -0.3 is 10.1 Å². The molecule has 1 heterocycles. The van der Waals surface area contributed by atoms with E-state index in [1.807, 2.05) is 11.8 Å². The van der Waals surface area contributed by atoms with Crippen LogP contribution in [-0.4, -0.2) is 36.7 Å². The Hall–Kier alpha value is -0.220. The van der Waals surface area contributed by atoms with Gasteiger partial charge in [0.2, 0.25) is 0 Å². The second-order valence-corrected chi connectivity index (χ2v) is 5.98. The number of aliphatic imine (C=N–C) groups is 1. The fourth-order valence-corrected chi connectivity index (χ4v) is 2.68. The van der Waals surface area contributed by atoms with Crippen molar-refractivity contribution >= 4 is 16.9 Å². The van der Waals surface area contributed by atoms with Gasteiger partial charge in [0, 0.05) is 31.6 Å². The van der Waals surface area contributed by atoms with E-state index in [4.69, 9.17) is 4.74 Å². The van der Waals surface area contributed by atoms with Crippen molar-refractivity contribution in [3.8, 4) is 0 Å². The quantitative estimate of drug-likeness (QED) is 0.713. The molecule has 0 aromatic rings. The molecule has 1 saturated heterocycles. The highest BCUT2D eigenvalue weighted by Gasteiger charge is 2.14. The number of rotatable bonds is 7. The molecule has 0 aliphatic carbocycles. The minimum absolute atomic E-state index is 0.627. The first kappa shape index (κ1) is 14.8. The average molecular weight is 258 g/mol. The number of thioether (sulfide) groups is 1. The molecule has 17 heavy (non-hydrogen) atoms. The molecule has 0 saturated carbocycles. The van der Waals surface area contributed by atoms with E-state index < -0.39 is 0 Å².